The van der Waals surface area contributed by atoms with Gasteiger partial charge >= 0.3 is 5.97 Å². The molecule has 6 heteroatoms. The second kappa shape index (κ2) is 8.82. The summed E-state index contributed by atoms with van der Waals surface area (Å²) >= 11 is 0. The lowest BCUT2D eigenvalue weighted by molar-refractivity contribution is 0.0245. The first-order valence-corrected chi connectivity index (χ1v) is 11.8. The van der Waals surface area contributed by atoms with Crippen molar-refractivity contribution in [3.05, 3.63) is 103 Å². The lowest BCUT2D eigenvalue weighted by atomic mass is 10.1. The summed E-state index contributed by atoms with van der Waals surface area (Å²) in [6.07, 6.45) is -0.635. The fraction of sp³-hybridized carbons (Fsp3) is 0.100. The smallest absolute Gasteiger partial charge is 0.339 e. The van der Waals surface area contributed by atoms with Crippen molar-refractivity contribution in [1.29, 1.82) is 0 Å². The summed E-state index contributed by atoms with van der Waals surface area (Å²) in [4.78, 5) is 31.7. The fourth-order valence-corrected chi connectivity index (χ4v) is 4.64. The van der Waals surface area contributed by atoms with Crippen LogP contribution in [0.3, 0.4) is 0 Å². The first-order valence-electron chi connectivity index (χ1n) is 11.8. The number of para-hydroxylation sites is 4. The summed E-state index contributed by atoms with van der Waals surface area (Å²) in [5.41, 5.74) is 3.69. The zero-order valence-electron chi connectivity index (χ0n) is 19.5. The average Bonchev–Trinajstić information content (AvgIpc) is 3.51. The summed E-state index contributed by atoms with van der Waals surface area (Å²) in [6.45, 7) is 1.83. The molecule has 0 aliphatic heterocycles. The molecule has 36 heavy (non-hydrogen) atoms. The van der Waals surface area contributed by atoms with E-state index in [1.54, 1.807) is 22.8 Å². The lowest BCUT2D eigenvalue weighted by Crippen LogP contribution is -2.31. The molecule has 6 aromatic rings. The molecular formula is C30H22N2O4. The first-order chi connectivity index (χ1) is 17.7. The summed E-state index contributed by atoms with van der Waals surface area (Å²) in [5.74, 6) is -0.568. The van der Waals surface area contributed by atoms with Gasteiger partial charge in [0.15, 0.2) is 11.7 Å². The molecule has 0 saturated heterocycles. The molecule has 1 atom stereocenters. The van der Waals surface area contributed by atoms with Gasteiger partial charge < -0.3 is 9.15 Å². The SMILES string of the molecule is CCC(OC(=O)c1ccccc1-c1nc2ccccc2o1)C(=O)n1c2ccccc2c2ccccc21. The fourth-order valence-electron chi connectivity index (χ4n) is 4.64. The summed E-state index contributed by atoms with van der Waals surface area (Å²) in [6, 6.07) is 29.9. The van der Waals surface area contributed by atoms with Crippen LogP contribution in [0.5, 0.6) is 0 Å². The van der Waals surface area contributed by atoms with Gasteiger partial charge in [-0.3, -0.25) is 9.36 Å². The van der Waals surface area contributed by atoms with E-state index in [-0.39, 0.29) is 11.5 Å². The highest BCUT2D eigenvalue weighted by Crippen LogP contribution is 2.31. The number of oxazole rings is 1. The molecule has 2 heterocycles. The van der Waals surface area contributed by atoms with Crippen molar-refractivity contribution in [2.24, 2.45) is 0 Å². The molecular weight excluding hydrogens is 452 g/mol. The van der Waals surface area contributed by atoms with Crippen LogP contribution in [-0.2, 0) is 4.74 Å². The number of carbonyl (C=O) groups excluding carboxylic acids is 2. The number of hydrogen-bond donors (Lipinski definition) is 0. The average molecular weight is 475 g/mol. The topological polar surface area (TPSA) is 74.3 Å². The highest BCUT2D eigenvalue weighted by atomic mass is 16.5. The van der Waals surface area contributed by atoms with Crippen LogP contribution >= 0.6 is 0 Å². The monoisotopic (exact) mass is 474 g/mol. The number of carbonyl (C=O) groups is 2. The van der Waals surface area contributed by atoms with E-state index in [1.807, 2.05) is 85.8 Å². The first kappa shape index (κ1) is 21.8. The van der Waals surface area contributed by atoms with Crippen molar-refractivity contribution in [2.75, 3.05) is 0 Å². The quantitative estimate of drug-likeness (QED) is 0.255. The normalized spacial score (nSPS) is 12.2. The molecule has 4 aromatic carbocycles. The van der Waals surface area contributed by atoms with Gasteiger partial charge in [0.2, 0.25) is 5.89 Å². The Hall–Kier alpha value is -4.71. The van der Waals surface area contributed by atoms with E-state index in [0.717, 1.165) is 21.8 Å². The van der Waals surface area contributed by atoms with Gasteiger partial charge in [-0.1, -0.05) is 67.6 Å². The van der Waals surface area contributed by atoms with Crippen LogP contribution in [0.2, 0.25) is 0 Å². The number of benzene rings is 4. The van der Waals surface area contributed by atoms with E-state index in [4.69, 9.17) is 9.15 Å². The van der Waals surface area contributed by atoms with Crippen molar-refractivity contribution in [3.8, 4) is 11.5 Å². The molecule has 176 valence electrons. The van der Waals surface area contributed by atoms with Gasteiger partial charge in [-0.25, -0.2) is 9.78 Å². The number of aromatic nitrogens is 2. The molecule has 0 aliphatic carbocycles. The second-order valence-electron chi connectivity index (χ2n) is 8.54. The Labute approximate surface area is 206 Å². The molecule has 0 N–H and O–H groups in total. The van der Waals surface area contributed by atoms with E-state index < -0.39 is 12.1 Å². The maximum Gasteiger partial charge on any atom is 0.339 e. The summed E-state index contributed by atoms with van der Waals surface area (Å²) in [5, 5.41) is 1.95. The van der Waals surface area contributed by atoms with Crippen LogP contribution in [0.25, 0.3) is 44.4 Å². The van der Waals surface area contributed by atoms with Gasteiger partial charge in [-0.2, -0.15) is 0 Å². The van der Waals surface area contributed by atoms with E-state index in [0.29, 0.717) is 29.0 Å². The van der Waals surface area contributed by atoms with Crippen LogP contribution in [0.4, 0.5) is 0 Å². The maximum absolute atomic E-state index is 13.8. The van der Waals surface area contributed by atoms with Crippen LogP contribution in [0.1, 0.15) is 28.5 Å². The largest absolute Gasteiger partial charge is 0.449 e. The summed E-state index contributed by atoms with van der Waals surface area (Å²) in [7, 11) is 0. The Kier molecular flexibility index (Phi) is 5.34. The molecule has 1 unspecified atom stereocenters. The number of nitrogens with zero attached hydrogens (tertiary/aromatic N) is 2. The molecule has 0 saturated carbocycles. The highest BCUT2D eigenvalue weighted by molar-refractivity contribution is 6.14. The van der Waals surface area contributed by atoms with E-state index in [1.165, 1.54) is 0 Å². The molecule has 0 radical (unpaired) electrons. The van der Waals surface area contributed by atoms with Gasteiger partial charge in [0, 0.05) is 10.8 Å². The molecule has 0 amide bonds. The van der Waals surface area contributed by atoms with Crippen LogP contribution in [-0.4, -0.2) is 27.5 Å². The predicted molar refractivity (Wildman–Crippen MR) is 139 cm³/mol. The van der Waals surface area contributed by atoms with Gasteiger partial charge in [0.1, 0.15) is 5.52 Å². The maximum atomic E-state index is 13.8. The van der Waals surface area contributed by atoms with Crippen molar-refractivity contribution in [1.82, 2.24) is 9.55 Å². The van der Waals surface area contributed by atoms with Gasteiger partial charge in [0.05, 0.1) is 22.2 Å². The molecule has 6 nitrogen and oxygen atoms in total. The predicted octanol–water partition coefficient (Wildman–Crippen LogP) is 6.88. The van der Waals surface area contributed by atoms with E-state index in [9.17, 15) is 9.59 Å². The van der Waals surface area contributed by atoms with Crippen LogP contribution in [0, 0.1) is 0 Å². The van der Waals surface area contributed by atoms with Crippen molar-refractivity contribution >= 4 is 44.8 Å². The third kappa shape index (κ3) is 3.55. The minimum atomic E-state index is -0.964. The molecule has 0 spiro atoms. The second-order valence-corrected chi connectivity index (χ2v) is 8.54. The molecule has 2 aromatic heterocycles. The Morgan fingerprint density at radius 2 is 1.44 bits per heavy atom. The van der Waals surface area contributed by atoms with Crippen molar-refractivity contribution in [2.45, 2.75) is 19.4 Å². The number of ether oxygens (including phenoxy) is 1. The Morgan fingerprint density at radius 1 is 0.833 bits per heavy atom. The minimum absolute atomic E-state index is 0.289. The standard InChI is InChI=1S/C30H22N2O4/c1-2-26(29(33)32-24-16-8-5-11-19(24)20-12-6-9-17-25(20)32)36-30(34)22-14-4-3-13-21(22)28-31-23-15-7-10-18-27(23)35-28/h3-18,26H,2H2,1H3. The van der Waals surface area contributed by atoms with Gasteiger partial charge in [-0.05, 0) is 42.8 Å². The number of fused-ring (bicyclic) bond motifs is 4. The van der Waals surface area contributed by atoms with Crippen LogP contribution in [0.15, 0.2) is 101 Å². The Balaban J connectivity index is 1.36. The minimum Gasteiger partial charge on any atom is -0.449 e. The van der Waals surface area contributed by atoms with E-state index >= 15 is 0 Å². The third-order valence-corrected chi connectivity index (χ3v) is 6.37. The molecule has 0 bridgehead atoms. The van der Waals surface area contributed by atoms with Crippen LogP contribution < -0.4 is 0 Å². The van der Waals surface area contributed by atoms with Gasteiger partial charge in [0.25, 0.3) is 5.91 Å². The summed E-state index contributed by atoms with van der Waals surface area (Å²) < 4.78 is 13.4. The number of rotatable bonds is 5. The zero-order valence-corrected chi connectivity index (χ0v) is 19.5. The van der Waals surface area contributed by atoms with Crippen molar-refractivity contribution < 1.29 is 18.7 Å². The number of hydrogen-bond acceptors (Lipinski definition) is 5. The molecule has 0 fully saturated rings. The zero-order chi connectivity index (χ0) is 24.6. The third-order valence-electron chi connectivity index (χ3n) is 6.37. The Bertz CT molecular complexity index is 1680. The number of esters is 1. The highest BCUT2D eigenvalue weighted by Gasteiger charge is 2.28. The lowest BCUT2D eigenvalue weighted by Gasteiger charge is -2.17. The van der Waals surface area contributed by atoms with Crippen molar-refractivity contribution in [3.63, 3.8) is 0 Å². The molecule has 0 aliphatic rings. The van der Waals surface area contributed by atoms with E-state index in [2.05, 4.69) is 4.98 Å². The Morgan fingerprint density at radius 3 is 2.14 bits per heavy atom. The molecule has 6 rings (SSSR count). The van der Waals surface area contributed by atoms with Gasteiger partial charge in [-0.15, -0.1) is 0 Å².